The average Bonchev–Trinajstić information content (AvgIpc) is 3.73. The van der Waals surface area contributed by atoms with Gasteiger partial charge in [0.1, 0.15) is 11.6 Å². The van der Waals surface area contributed by atoms with Crippen LogP contribution in [0.1, 0.15) is 60.0 Å². The minimum Gasteiger partial charge on any atom is -0.348 e. The van der Waals surface area contributed by atoms with Crippen molar-refractivity contribution in [1.29, 1.82) is 0 Å². The number of anilines is 1. The second-order valence-electron chi connectivity index (χ2n) is 10.7. The van der Waals surface area contributed by atoms with Crippen LogP contribution in [0.2, 0.25) is 5.02 Å². The normalized spacial score (nSPS) is 20.2. The Hall–Kier alpha value is -3.23. The van der Waals surface area contributed by atoms with E-state index in [0.29, 0.717) is 42.0 Å². The van der Waals surface area contributed by atoms with Crippen molar-refractivity contribution < 1.29 is 22.4 Å². The number of halogens is 2. The van der Waals surface area contributed by atoms with Gasteiger partial charge < -0.3 is 5.32 Å². The Labute approximate surface area is 232 Å². The maximum absolute atomic E-state index is 14.1. The van der Waals surface area contributed by atoms with Crippen LogP contribution < -0.4 is 9.62 Å². The largest absolute Gasteiger partial charge is 0.348 e. The maximum atomic E-state index is 14.1. The van der Waals surface area contributed by atoms with Crippen molar-refractivity contribution in [3.63, 3.8) is 0 Å². The fourth-order valence-electron chi connectivity index (χ4n) is 6.31. The summed E-state index contributed by atoms with van der Waals surface area (Å²) >= 11 is 6.25. The van der Waals surface area contributed by atoms with E-state index in [2.05, 4.69) is 5.32 Å². The number of Topliss-reactive ketones (excluding diaryl/α,β-unsaturated/α-hetero) is 1. The van der Waals surface area contributed by atoms with Gasteiger partial charge in [0.15, 0.2) is 0 Å². The Morgan fingerprint density at radius 2 is 1.72 bits per heavy atom. The molecule has 0 bridgehead atoms. The zero-order chi connectivity index (χ0) is 27.4. The van der Waals surface area contributed by atoms with Crippen molar-refractivity contribution in [2.24, 2.45) is 5.92 Å². The molecule has 1 N–H and O–H groups in total. The van der Waals surface area contributed by atoms with Crippen LogP contribution in [0.5, 0.6) is 0 Å². The van der Waals surface area contributed by atoms with E-state index in [1.165, 1.54) is 16.4 Å². The molecule has 2 saturated carbocycles. The molecule has 1 spiro atoms. The summed E-state index contributed by atoms with van der Waals surface area (Å²) in [5.74, 6) is -0.477. The Bertz CT molecular complexity index is 1560. The molecule has 39 heavy (non-hydrogen) atoms. The summed E-state index contributed by atoms with van der Waals surface area (Å²) in [4.78, 5) is 25.6. The van der Waals surface area contributed by atoms with Gasteiger partial charge in [-0.05, 0) is 91.3 Å². The van der Waals surface area contributed by atoms with E-state index in [-0.39, 0.29) is 35.1 Å². The van der Waals surface area contributed by atoms with Gasteiger partial charge in [0.2, 0.25) is 0 Å². The number of benzene rings is 3. The van der Waals surface area contributed by atoms with Gasteiger partial charge in [-0.1, -0.05) is 29.8 Å². The Morgan fingerprint density at radius 1 is 1.03 bits per heavy atom. The molecule has 6 rings (SSSR count). The lowest BCUT2D eigenvalue weighted by atomic mass is 9.65. The third-order valence-electron chi connectivity index (χ3n) is 8.39. The first kappa shape index (κ1) is 26.0. The molecule has 1 heterocycles. The van der Waals surface area contributed by atoms with Gasteiger partial charge in [0.25, 0.3) is 15.9 Å². The molecule has 2 fully saturated rings. The zero-order valence-corrected chi connectivity index (χ0v) is 22.8. The molecule has 1 aliphatic heterocycles. The standard InChI is InChI=1S/C30H28ClFN2O4S/c31-26-4-2-1-3-21(26)18-33-29(36)20-7-12-27-25(17-20)30(15-13-23(35)14-16-30)28(19-5-6-19)34(27)39(37,38)24-10-8-22(32)9-11-24/h1-4,7-12,17,19,28H,5-6,13-16,18H2,(H,33,36). The predicted octanol–water partition coefficient (Wildman–Crippen LogP) is 5.78. The van der Waals surface area contributed by atoms with Crippen LogP contribution >= 0.6 is 11.6 Å². The SMILES string of the molecule is O=C1CCC2(CC1)c1cc(C(=O)NCc3ccccc3Cl)ccc1N(S(=O)(=O)c1ccc(F)cc1)C2C1CC1. The van der Waals surface area contributed by atoms with Gasteiger partial charge in [0.05, 0.1) is 16.6 Å². The molecular weight excluding hydrogens is 539 g/mol. The predicted molar refractivity (Wildman–Crippen MR) is 147 cm³/mol. The van der Waals surface area contributed by atoms with Crippen molar-refractivity contribution in [3.8, 4) is 0 Å². The van der Waals surface area contributed by atoms with E-state index in [1.54, 1.807) is 18.2 Å². The second kappa shape index (κ2) is 9.75. The van der Waals surface area contributed by atoms with E-state index >= 15 is 0 Å². The Morgan fingerprint density at radius 3 is 2.38 bits per heavy atom. The van der Waals surface area contributed by atoms with Crippen molar-refractivity contribution in [1.82, 2.24) is 5.32 Å². The second-order valence-corrected chi connectivity index (χ2v) is 13.0. The summed E-state index contributed by atoms with van der Waals surface area (Å²) in [6.45, 7) is 0.255. The zero-order valence-electron chi connectivity index (χ0n) is 21.2. The van der Waals surface area contributed by atoms with Gasteiger partial charge in [-0.3, -0.25) is 13.9 Å². The molecule has 0 saturated heterocycles. The summed E-state index contributed by atoms with van der Waals surface area (Å²) in [6.07, 6.45) is 3.59. The van der Waals surface area contributed by atoms with E-state index in [0.717, 1.165) is 36.1 Å². The molecule has 2 aliphatic carbocycles. The van der Waals surface area contributed by atoms with Crippen LogP contribution in [0, 0.1) is 11.7 Å². The quantitative estimate of drug-likeness (QED) is 0.410. The summed E-state index contributed by atoms with van der Waals surface area (Å²) < 4.78 is 43.4. The number of nitrogens with one attached hydrogen (secondary N) is 1. The number of nitrogens with zero attached hydrogens (tertiary/aromatic N) is 1. The highest BCUT2D eigenvalue weighted by Crippen LogP contribution is 2.60. The van der Waals surface area contributed by atoms with Crippen LogP contribution in [0.15, 0.2) is 71.6 Å². The van der Waals surface area contributed by atoms with Crippen LogP contribution in [-0.4, -0.2) is 26.2 Å². The Kier molecular flexibility index (Phi) is 6.50. The van der Waals surface area contributed by atoms with Crippen molar-refractivity contribution in [2.75, 3.05) is 4.31 Å². The number of rotatable bonds is 6. The van der Waals surface area contributed by atoms with Crippen molar-refractivity contribution >= 4 is 39.0 Å². The topological polar surface area (TPSA) is 83.6 Å². The molecule has 6 nitrogen and oxygen atoms in total. The molecule has 0 radical (unpaired) electrons. The molecule has 3 aromatic rings. The number of carbonyl (C=O) groups is 2. The monoisotopic (exact) mass is 566 g/mol. The molecule has 3 aromatic carbocycles. The van der Waals surface area contributed by atoms with Crippen LogP contribution in [-0.2, 0) is 26.8 Å². The van der Waals surface area contributed by atoms with E-state index in [4.69, 9.17) is 11.6 Å². The minimum atomic E-state index is -4.03. The third-order valence-corrected chi connectivity index (χ3v) is 10.6. The third kappa shape index (κ3) is 4.53. The lowest BCUT2D eigenvalue weighted by molar-refractivity contribution is -0.121. The van der Waals surface area contributed by atoms with Crippen molar-refractivity contribution in [2.45, 2.75) is 61.4 Å². The average molecular weight is 567 g/mol. The number of hydrogen-bond donors (Lipinski definition) is 1. The van der Waals surface area contributed by atoms with E-state index < -0.39 is 21.3 Å². The Balaban J connectivity index is 1.42. The first-order valence-electron chi connectivity index (χ1n) is 13.2. The molecule has 0 aromatic heterocycles. The fraction of sp³-hybridized carbons (Fsp3) is 0.333. The molecule has 1 atom stereocenters. The molecule has 202 valence electrons. The number of amides is 1. The molecular formula is C30H28ClFN2O4S. The number of fused-ring (bicyclic) bond motifs is 2. The van der Waals surface area contributed by atoms with Crippen LogP contribution in [0.25, 0.3) is 0 Å². The lowest BCUT2D eigenvalue weighted by Crippen LogP contribution is -2.50. The number of sulfonamides is 1. The highest BCUT2D eigenvalue weighted by atomic mass is 35.5. The summed E-state index contributed by atoms with van der Waals surface area (Å²) in [5, 5.41) is 3.48. The fourth-order valence-corrected chi connectivity index (χ4v) is 8.32. The first-order chi connectivity index (χ1) is 18.7. The molecule has 1 amide bonds. The molecule has 9 heteroatoms. The van der Waals surface area contributed by atoms with Crippen molar-refractivity contribution in [3.05, 3.63) is 94.3 Å². The summed E-state index contributed by atoms with van der Waals surface area (Å²) in [7, 11) is -4.03. The number of hydrogen-bond acceptors (Lipinski definition) is 4. The smallest absolute Gasteiger partial charge is 0.264 e. The lowest BCUT2D eigenvalue weighted by Gasteiger charge is -2.41. The van der Waals surface area contributed by atoms with Gasteiger partial charge in [0, 0.05) is 35.4 Å². The van der Waals surface area contributed by atoms with Gasteiger partial charge >= 0.3 is 0 Å². The van der Waals surface area contributed by atoms with Gasteiger partial charge in [-0.15, -0.1) is 0 Å². The van der Waals surface area contributed by atoms with Gasteiger partial charge in [-0.2, -0.15) is 0 Å². The first-order valence-corrected chi connectivity index (χ1v) is 15.0. The van der Waals surface area contributed by atoms with Gasteiger partial charge in [-0.25, -0.2) is 12.8 Å². The summed E-state index contributed by atoms with van der Waals surface area (Å²) in [5.41, 5.74) is 1.97. The minimum absolute atomic E-state index is 0.0194. The molecule has 1 unspecified atom stereocenters. The summed E-state index contributed by atoms with van der Waals surface area (Å²) in [6, 6.07) is 17.0. The van der Waals surface area contributed by atoms with Crippen LogP contribution in [0.3, 0.4) is 0 Å². The number of ketones is 1. The van der Waals surface area contributed by atoms with E-state index in [1.807, 2.05) is 24.3 Å². The number of carbonyl (C=O) groups excluding carboxylic acids is 2. The maximum Gasteiger partial charge on any atom is 0.264 e. The highest BCUT2D eigenvalue weighted by molar-refractivity contribution is 7.92. The molecule has 3 aliphatic rings. The van der Waals surface area contributed by atoms with E-state index in [9.17, 15) is 22.4 Å². The van der Waals surface area contributed by atoms with Crippen LogP contribution in [0.4, 0.5) is 10.1 Å². The highest BCUT2D eigenvalue weighted by Gasteiger charge is 2.60.